The van der Waals surface area contributed by atoms with Crippen LogP contribution in [0.15, 0.2) is 28.8 Å². The molecule has 0 radical (unpaired) electrons. The van der Waals surface area contributed by atoms with Gasteiger partial charge in [0, 0.05) is 30.3 Å². The summed E-state index contributed by atoms with van der Waals surface area (Å²) < 4.78 is 5.33. The lowest BCUT2D eigenvalue weighted by Gasteiger charge is -2.21. The minimum absolute atomic E-state index is 0.00354. The molecule has 1 aliphatic carbocycles. The molecule has 1 saturated carbocycles. The number of aromatic nitrogens is 2. The number of hydrogen-bond donors (Lipinski definition) is 1. The molecule has 4 rings (SSSR count). The number of nitrogens with zero attached hydrogens (tertiary/aromatic N) is 4. The summed E-state index contributed by atoms with van der Waals surface area (Å²) in [5.74, 6) is 0.355. The Labute approximate surface area is 143 Å². The predicted octanol–water partition coefficient (Wildman–Crippen LogP) is 1.89. The first-order valence-corrected chi connectivity index (χ1v) is 8.27. The maximum absolute atomic E-state index is 12.4. The molecule has 1 aliphatic heterocycles. The Morgan fingerprint density at radius 3 is 2.72 bits per heavy atom. The van der Waals surface area contributed by atoms with Gasteiger partial charge in [-0.2, -0.15) is 4.98 Å². The topological polar surface area (TPSA) is 114 Å². The van der Waals surface area contributed by atoms with Crippen molar-refractivity contribution in [2.24, 2.45) is 0 Å². The molecule has 1 saturated heterocycles. The van der Waals surface area contributed by atoms with Gasteiger partial charge in [0.25, 0.3) is 5.69 Å². The molecule has 2 heterocycles. The number of rotatable bonds is 5. The Bertz CT molecular complexity index is 799. The van der Waals surface area contributed by atoms with Crippen molar-refractivity contribution in [1.29, 1.82) is 0 Å². The standard InChI is InChI=1S/C16H17N5O4/c22-15(17-11-5-6-11)13-2-1-9-20(13)16-18-14(19-25-16)10-3-7-12(8-4-10)21(23)24/h3-4,7-8,11,13H,1-2,5-6,9H2,(H,17,22)/t13-/m0/s1. The summed E-state index contributed by atoms with van der Waals surface area (Å²) in [5, 5.41) is 17.7. The smallest absolute Gasteiger partial charge is 0.325 e. The summed E-state index contributed by atoms with van der Waals surface area (Å²) >= 11 is 0. The normalized spacial score (nSPS) is 19.8. The van der Waals surface area contributed by atoms with E-state index >= 15 is 0 Å². The van der Waals surface area contributed by atoms with Gasteiger partial charge >= 0.3 is 6.01 Å². The first kappa shape index (κ1) is 15.6. The van der Waals surface area contributed by atoms with Gasteiger partial charge in [-0.25, -0.2) is 0 Å². The molecule has 2 fully saturated rings. The Balaban J connectivity index is 1.51. The maximum Gasteiger partial charge on any atom is 0.325 e. The van der Waals surface area contributed by atoms with Gasteiger partial charge in [0.2, 0.25) is 11.7 Å². The Morgan fingerprint density at radius 2 is 2.04 bits per heavy atom. The van der Waals surface area contributed by atoms with Crippen molar-refractivity contribution < 1.29 is 14.2 Å². The van der Waals surface area contributed by atoms with Crippen LogP contribution < -0.4 is 10.2 Å². The van der Waals surface area contributed by atoms with Gasteiger partial charge < -0.3 is 14.7 Å². The van der Waals surface area contributed by atoms with Gasteiger partial charge in [-0.05, 0) is 37.8 Å². The second-order valence-corrected chi connectivity index (χ2v) is 6.34. The molecule has 1 amide bonds. The van der Waals surface area contributed by atoms with E-state index in [-0.39, 0.29) is 17.6 Å². The Kier molecular flexibility index (Phi) is 3.83. The molecule has 2 aliphatic rings. The van der Waals surface area contributed by atoms with Crippen LogP contribution in [-0.2, 0) is 4.79 Å². The fraction of sp³-hybridized carbons (Fsp3) is 0.438. The molecule has 1 N–H and O–H groups in total. The summed E-state index contributed by atoms with van der Waals surface area (Å²) in [6.45, 7) is 0.685. The average Bonchev–Trinajstić information content (AvgIpc) is 3.12. The number of nitro groups is 1. The SMILES string of the molecule is O=C(NC1CC1)[C@@H]1CCCN1c1nc(-c2ccc([N+](=O)[O-])cc2)no1. The average molecular weight is 343 g/mol. The van der Waals surface area contributed by atoms with Gasteiger partial charge in [-0.15, -0.1) is 0 Å². The zero-order valence-corrected chi connectivity index (χ0v) is 13.4. The zero-order valence-electron chi connectivity index (χ0n) is 13.4. The van der Waals surface area contributed by atoms with E-state index in [4.69, 9.17) is 4.52 Å². The molecule has 9 heteroatoms. The Morgan fingerprint density at radius 1 is 1.28 bits per heavy atom. The lowest BCUT2D eigenvalue weighted by molar-refractivity contribution is -0.384. The third kappa shape index (κ3) is 3.17. The van der Waals surface area contributed by atoms with Crippen molar-refractivity contribution in [2.75, 3.05) is 11.4 Å². The summed E-state index contributed by atoms with van der Waals surface area (Å²) in [6, 6.07) is 6.28. The zero-order chi connectivity index (χ0) is 17.4. The van der Waals surface area contributed by atoms with Gasteiger partial charge in [-0.1, -0.05) is 5.16 Å². The van der Waals surface area contributed by atoms with Crippen LogP contribution in [0.2, 0.25) is 0 Å². The number of nitro benzene ring substituents is 1. The minimum atomic E-state index is -0.460. The second kappa shape index (κ2) is 6.15. The number of non-ortho nitro benzene ring substituents is 1. The molecular weight excluding hydrogens is 326 g/mol. The first-order valence-electron chi connectivity index (χ1n) is 8.27. The van der Waals surface area contributed by atoms with Crippen molar-refractivity contribution >= 4 is 17.6 Å². The van der Waals surface area contributed by atoms with Crippen LogP contribution in [0, 0.1) is 10.1 Å². The fourth-order valence-corrected chi connectivity index (χ4v) is 2.97. The van der Waals surface area contributed by atoms with E-state index in [0.29, 0.717) is 30.0 Å². The number of carbonyl (C=O) groups is 1. The van der Waals surface area contributed by atoms with E-state index in [0.717, 1.165) is 25.7 Å². The first-order chi connectivity index (χ1) is 12.1. The molecule has 0 bridgehead atoms. The summed E-state index contributed by atoms with van der Waals surface area (Å²) in [7, 11) is 0. The highest BCUT2D eigenvalue weighted by Gasteiger charge is 2.36. The van der Waals surface area contributed by atoms with Gasteiger partial charge in [0.15, 0.2) is 0 Å². The van der Waals surface area contributed by atoms with Crippen molar-refractivity contribution in [2.45, 2.75) is 37.8 Å². The van der Waals surface area contributed by atoms with Gasteiger partial charge in [0.1, 0.15) is 6.04 Å². The summed E-state index contributed by atoms with van der Waals surface area (Å²) in [5.41, 5.74) is 0.627. The van der Waals surface area contributed by atoms with Crippen molar-refractivity contribution in [1.82, 2.24) is 15.5 Å². The van der Waals surface area contributed by atoms with Crippen LogP contribution >= 0.6 is 0 Å². The number of benzene rings is 1. The molecular formula is C16H17N5O4. The Hall–Kier alpha value is -2.97. The highest BCUT2D eigenvalue weighted by Crippen LogP contribution is 2.28. The number of anilines is 1. The third-order valence-electron chi connectivity index (χ3n) is 4.48. The van der Waals surface area contributed by atoms with E-state index in [1.54, 1.807) is 12.1 Å². The highest BCUT2D eigenvalue weighted by atomic mass is 16.6. The van der Waals surface area contributed by atoms with Crippen molar-refractivity contribution in [3.8, 4) is 11.4 Å². The lowest BCUT2D eigenvalue weighted by atomic mass is 10.2. The van der Waals surface area contributed by atoms with Gasteiger partial charge in [0.05, 0.1) is 4.92 Å². The fourth-order valence-electron chi connectivity index (χ4n) is 2.97. The summed E-state index contributed by atoms with van der Waals surface area (Å²) in [6.07, 6.45) is 3.73. The predicted molar refractivity (Wildman–Crippen MR) is 87.9 cm³/mol. The van der Waals surface area contributed by atoms with Crippen LogP contribution in [0.5, 0.6) is 0 Å². The highest BCUT2D eigenvalue weighted by molar-refractivity contribution is 5.85. The molecule has 0 spiro atoms. The lowest BCUT2D eigenvalue weighted by Crippen LogP contribution is -2.44. The van der Waals surface area contributed by atoms with Crippen LogP contribution in [0.1, 0.15) is 25.7 Å². The number of hydrogen-bond acceptors (Lipinski definition) is 7. The monoisotopic (exact) mass is 343 g/mol. The molecule has 1 atom stereocenters. The van der Waals surface area contributed by atoms with Crippen molar-refractivity contribution in [3.05, 3.63) is 34.4 Å². The van der Waals surface area contributed by atoms with Crippen LogP contribution in [0.3, 0.4) is 0 Å². The summed E-state index contributed by atoms with van der Waals surface area (Å²) in [4.78, 5) is 28.8. The van der Waals surface area contributed by atoms with E-state index < -0.39 is 4.92 Å². The van der Waals surface area contributed by atoms with E-state index in [1.165, 1.54) is 12.1 Å². The molecule has 0 unspecified atom stereocenters. The quantitative estimate of drug-likeness (QED) is 0.651. The molecule has 1 aromatic carbocycles. The van der Waals surface area contributed by atoms with E-state index in [1.807, 2.05) is 4.90 Å². The van der Waals surface area contributed by atoms with E-state index in [9.17, 15) is 14.9 Å². The molecule has 130 valence electrons. The maximum atomic E-state index is 12.4. The van der Waals surface area contributed by atoms with Crippen LogP contribution in [0.25, 0.3) is 11.4 Å². The molecule has 1 aromatic heterocycles. The van der Waals surface area contributed by atoms with Crippen molar-refractivity contribution in [3.63, 3.8) is 0 Å². The van der Waals surface area contributed by atoms with Crippen LogP contribution in [-0.4, -0.2) is 39.6 Å². The molecule has 9 nitrogen and oxygen atoms in total. The number of amides is 1. The number of nitrogens with one attached hydrogen (secondary N) is 1. The second-order valence-electron chi connectivity index (χ2n) is 6.34. The van der Waals surface area contributed by atoms with Crippen LogP contribution in [0.4, 0.5) is 11.7 Å². The third-order valence-corrected chi connectivity index (χ3v) is 4.48. The molecule has 25 heavy (non-hydrogen) atoms. The minimum Gasteiger partial charge on any atom is -0.352 e. The largest absolute Gasteiger partial charge is 0.352 e. The molecule has 2 aromatic rings. The van der Waals surface area contributed by atoms with Gasteiger partial charge in [-0.3, -0.25) is 14.9 Å². The van der Waals surface area contributed by atoms with E-state index in [2.05, 4.69) is 15.5 Å². The number of carbonyl (C=O) groups excluding carboxylic acids is 1.